The maximum atomic E-state index is 12.8. The first kappa shape index (κ1) is 28.4. The van der Waals surface area contributed by atoms with Gasteiger partial charge in [0.05, 0.1) is 16.8 Å². The number of anilines is 2. The lowest BCUT2D eigenvalue weighted by Crippen LogP contribution is -2.26. The molecule has 0 saturated carbocycles. The van der Waals surface area contributed by atoms with Crippen molar-refractivity contribution in [2.75, 3.05) is 37.8 Å². The summed E-state index contributed by atoms with van der Waals surface area (Å²) in [6, 6.07) is 21.6. The van der Waals surface area contributed by atoms with Gasteiger partial charge in [-0.1, -0.05) is 23.8 Å². The average Bonchev–Trinajstić information content (AvgIpc) is 3.55. The smallest absolute Gasteiger partial charge is 0.256 e. The van der Waals surface area contributed by atoms with Gasteiger partial charge in [0.1, 0.15) is 11.5 Å². The third kappa shape index (κ3) is 6.94. The van der Waals surface area contributed by atoms with Crippen LogP contribution in [0.4, 0.5) is 11.4 Å². The number of amides is 3. The first-order valence-electron chi connectivity index (χ1n) is 13.7. The van der Waals surface area contributed by atoms with Gasteiger partial charge in [0.25, 0.3) is 17.7 Å². The van der Waals surface area contributed by atoms with E-state index >= 15 is 0 Å². The van der Waals surface area contributed by atoms with E-state index in [0.29, 0.717) is 51.8 Å². The molecule has 42 heavy (non-hydrogen) atoms. The van der Waals surface area contributed by atoms with Crippen LogP contribution >= 0.6 is 0 Å². The van der Waals surface area contributed by atoms with Crippen LogP contribution in [-0.2, 0) is 4.79 Å². The van der Waals surface area contributed by atoms with Crippen molar-refractivity contribution in [3.05, 3.63) is 107 Å². The normalized spacial score (nSPS) is 13.1. The summed E-state index contributed by atoms with van der Waals surface area (Å²) in [5.41, 5.74) is 5.18. The van der Waals surface area contributed by atoms with Gasteiger partial charge in [0.2, 0.25) is 0 Å². The molecule has 9 nitrogen and oxygen atoms in total. The number of aromatic nitrogens is 1. The van der Waals surface area contributed by atoms with Gasteiger partial charge >= 0.3 is 0 Å². The molecule has 0 saturated heterocycles. The fraction of sp³-hybridized carbons (Fsp3) is 0.182. The first-order valence-corrected chi connectivity index (χ1v) is 13.7. The molecular formula is C33H33N5O4. The van der Waals surface area contributed by atoms with Gasteiger partial charge in [0, 0.05) is 47.4 Å². The molecule has 2 heterocycles. The van der Waals surface area contributed by atoms with Gasteiger partial charge in [-0.3, -0.25) is 14.4 Å². The molecule has 4 aromatic rings. The molecule has 9 heteroatoms. The van der Waals surface area contributed by atoms with Crippen molar-refractivity contribution in [1.82, 2.24) is 15.2 Å². The number of benzene rings is 3. The SMILES string of the molecule is Cc1cccc(C(=O)Nc2cccc(Oc3ccc4c(c3)NC(=O)C4=Cc3cc(C(=O)NCCCN(C)C)c[nH]3)c2)c1. The van der Waals surface area contributed by atoms with Crippen LogP contribution in [0.2, 0.25) is 0 Å². The van der Waals surface area contributed by atoms with Crippen molar-refractivity contribution in [2.45, 2.75) is 13.3 Å². The second-order valence-electron chi connectivity index (χ2n) is 10.4. The van der Waals surface area contributed by atoms with Gasteiger partial charge in [-0.05, 0) is 82.5 Å². The molecule has 0 aliphatic carbocycles. The molecule has 1 aromatic heterocycles. The number of aryl methyl sites for hydroxylation is 1. The van der Waals surface area contributed by atoms with Gasteiger partial charge in [-0.25, -0.2) is 0 Å². The second-order valence-corrected chi connectivity index (χ2v) is 10.4. The number of nitrogens with one attached hydrogen (secondary N) is 4. The van der Waals surface area contributed by atoms with Crippen LogP contribution in [0.1, 0.15) is 44.0 Å². The topological polar surface area (TPSA) is 116 Å². The van der Waals surface area contributed by atoms with E-state index in [-0.39, 0.29) is 17.7 Å². The molecule has 214 valence electrons. The second kappa shape index (κ2) is 12.6. The zero-order valence-electron chi connectivity index (χ0n) is 23.8. The number of hydrogen-bond donors (Lipinski definition) is 4. The molecule has 0 atom stereocenters. The Morgan fingerprint density at radius 1 is 0.929 bits per heavy atom. The Morgan fingerprint density at radius 3 is 2.55 bits per heavy atom. The highest BCUT2D eigenvalue weighted by molar-refractivity contribution is 6.35. The Hall–Kier alpha value is -5.15. The Morgan fingerprint density at radius 2 is 1.74 bits per heavy atom. The fourth-order valence-corrected chi connectivity index (χ4v) is 4.62. The summed E-state index contributed by atoms with van der Waals surface area (Å²) in [5.74, 6) is 0.464. The molecule has 0 spiro atoms. The van der Waals surface area contributed by atoms with E-state index < -0.39 is 0 Å². The summed E-state index contributed by atoms with van der Waals surface area (Å²) >= 11 is 0. The van der Waals surface area contributed by atoms with Crippen molar-refractivity contribution in [3.8, 4) is 11.5 Å². The fourth-order valence-electron chi connectivity index (χ4n) is 4.62. The number of H-pyrrole nitrogens is 1. The molecule has 0 bridgehead atoms. The van der Waals surface area contributed by atoms with Crippen molar-refractivity contribution in [1.29, 1.82) is 0 Å². The first-order chi connectivity index (χ1) is 20.2. The number of hydrogen-bond acceptors (Lipinski definition) is 5. The van der Waals surface area contributed by atoms with E-state index in [9.17, 15) is 14.4 Å². The van der Waals surface area contributed by atoms with Crippen molar-refractivity contribution >= 4 is 40.7 Å². The number of rotatable bonds is 10. The number of ether oxygens (including phenoxy) is 1. The summed E-state index contributed by atoms with van der Waals surface area (Å²) < 4.78 is 6.05. The van der Waals surface area contributed by atoms with Gasteiger partial charge in [-0.15, -0.1) is 0 Å². The molecule has 3 aromatic carbocycles. The minimum Gasteiger partial charge on any atom is -0.457 e. The minimum atomic E-state index is -0.243. The molecule has 5 rings (SSSR count). The van der Waals surface area contributed by atoms with Crippen molar-refractivity contribution < 1.29 is 19.1 Å². The number of carbonyl (C=O) groups excluding carboxylic acids is 3. The largest absolute Gasteiger partial charge is 0.457 e. The third-order valence-electron chi connectivity index (χ3n) is 6.72. The minimum absolute atomic E-state index is 0.161. The molecule has 4 N–H and O–H groups in total. The van der Waals surface area contributed by atoms with Gasteiger partial charge < -0.3 is 30.6 Å². The van der Waals surface area contributed by atoms with Crippen LogP contribution in [0.5, 0.6) is 11.5 Å². The van der Waals surface area contributed by atoms with Gasteiger partial charge in [-0.2, -0.15) is 0 Å². The van der Waals surface area contributed by atoms with Crippen LogP contribution in [-0.4, -0.2) is 54.8 Å². The Kier molecular flexibility index (Phi) is 8.50. The van der Waals surface area contributed by atoms with Crippen LogP contribution in [0.15, 0.2) is 79.0 Å². The lowest BCUT2D eigenvalue weighted by Gasteiger charge is -2.10. The monoisotopic (exact) mass is 563 g/mol. The standard InChI is InChI=1S/C33H33N5O4/c1-21-7-4-8-22(15-21)32(40)36-24-9-5-10-26(17-24)42-27-11-12-28-29(33(41)37-30(28)19-27)18-25-16-23(20-35-25)31(39)34-13-6-14-38(2)3/h4-5,7-12,15-20,35H,6,13-14H2,1-3H3,(H,34,39)(H,36,40)(H,37,41). The maximum absolute atomic E-state index is 12.8. The highest BCUT2D eigenvalue weighted by atomic mass is 16.5. The van der Waals surface area contributed by atoms with Crippen LogP contribution in [0, 0.1) is 6.92 Å². The van der Waals surface area contributed by atoms with Crippen LogP contribution in [0.3, 0.4) is 0 Å². The molecule has 0 radical (unpaired) electrons. The summed E-state index contributed by atoms with van der Waals surface area (Å²) in [5, 5.41) is 8.70. The Balaban J connectivity index is 1.24. The van der Waals surface area contributed by atoms with Crippen molar-refractivity contribution in [3.63, 3.8) is 0 Å². The molecule has 3 amide bonds. The number of fused-ring (bicyclic) bond motifs is 1. The maximum Gasteiger partial charge on any atom is 0.256 e. The van der Waals surface area contributed by atoms with E-state index in [0.717, 1.165) is 24.1 Å². The quantitative estimate of drug-likeness (QED) is 0.149. The number of aromatic amines is 1. The summed E-state index contributed by atoms with van der Waals surface area (Å²) in [7, 11) is 3.99. The van der Waals surface area contributed by atoms with E-state index in [1.165, 1.54) is 0 Å². The molecule has 1 aliphatic rings. The average molecular weight is 564 g/mol. The third-order valence-corrected chi connectivity index (χ3v) is 6.72. The Bertz CT molecular complexity index is 1670. The van der Waals surface area contributed by atoms with E-state index in [1.807, 2.05) is 45.3 Å². The highest BCUT2D eigenvalue weighted by Crippen LogP contribution is 2.37. The summed E-state index contributed by atoms with van der Waals surface area (Å²) in [6.07, 6.45) is 4.22. The highest BCUT2D eigenvalue weighted by Gasteiger charge is 2.25. The zero-order chi connectivity index (χ0) is 29.6. The number of nitrogens with zero attached hydrogens (tertiary/aromatic N) is 1. The molecule has 1 aliphatic heterocycles. The number of carbonyl (C=O) groups is 3. The lowest BCUT2D eigenvalue weighted by molar-refractivity contribution is -0.110. The van der Waals surface area contributed by atoms with Gasteiger partial charge in [0.15, 0.2) is 0 Å². The van der Waals surface area contributed by atoms with Crippen LogP contribution in [0.25, 0.3) is 11.6 Å². The lowest BCUT2D eigenvalue weighted by atomic mass is 10.1. The molecular weight excluding hydrogens is 530 g/mol. The predicted octanol–water partition coefficient (Wildman–Crippen LogP) is 5.54. The summed E-state index contributed by atoms with van der Waals surface area (Å²) in [6.45, 7) is 3.42. The van der Waals surface area contributed by atoms with Crippen molar-refractivity contribution in [2.24, 2.45) is 0 Å². The molecule has 0 fully saturated rings. The Labute approximate surface area is 244 Å². The van der Waals surface area contributed by atoms with E-state index in [2.05, 4.69) is 25.8 Å². The predicted molar refractivity (Wildman–Crippen MR) is 165 cm³/mol. The van der Waals surface area contributed by atoms with E-state index in [1.54, 1.807) is 60.8 Å². The molecule has 0 unspecified atom stereocenters. The zero-order valence-corrected chi connectivity index (χ0v) is 23.8. The van der Waals surface area contributed by atoms with Crippen LogP contribution < -0.4 is 20.7 Å². The van der Waals surface area contributed by atoms with E-state index in [4.69, 9.17) is 4.74 Å². The summed E-state index contributed by atoms with van der Waals surface area (Å²) in [4.78, 5) is 43.0.